The molecule has 0 radical (unpaired) electrons. The van der Waals surface area contributed by atoms with Gasteiger partial charge >= 0.3 is 5.97 Å². The Morgan fingerprint density at radius 2 is 2.00 bits per heavy atom. The molecule has 0 spiro atoms. The molecule has 6 nitrogen and oxygen atoms in total. The van der Waals surface area contributed by atoms with Gasteiger partial charge in [0, 0.05) is 22.7 Å². The Morgan fingerprint density at radius 3 is 2.57 bits per heavy atom. The SMILES string of the molecule is COc1nc(C(=O)O)nc(C)c1Cc1ccccc1Cl.O. The average Bonchev–Trinajstić information content (AvgIpc) is 2.42. The van der Waals surface area contributed by atoms with E-state index >= 15 is 0 Å². The number of halogens is 1. The number of benzene rings is 1. The second kappa shape index (κ2) is 7.01. The van der Waals surface area contributed by atoms with E-state index in [4.69, 9.17) is 21.4 Å². The van der Waals surface area contributed by atoms with Crippen molar-refractivity contribution >= 4 is 17.6 Å². The first-order valence-electron chi connectivity index (χ1n) is 5.91. The Balaban J connectivity index is 0.00000220. The average molecular weight is 311 g/mol. The van der Waals surface area contributed by atoms with Crippen LogP contribution in [0.25, 0.3) is 0 Å². The Labute approximate surface area is 126 Å². The molecule has 0 bridgehead atoms. The van der Waals surface area contributed by atoms with E-state index in [1.807, 2.05) is 18.2 Å². The van der Waals surface area contributed by atoms with Gasteiger partial charge in [-0.1, -0.05) is 29.8 Å². The highest BCUT2D eigenvalue weighted by molar-refractivity contribution is 6.31. The van der Waals surface area contributed by atoms with Gasteiger partial charge in [-0.15, -0.1) is 0 Å². The lowest BCUT2D eigenvalue weighted by Gasteiger charge is -2.11. The van der Waals surface area contributed by atoms with Crippen LogP contribution in [0.1, 0.15) is 27.4 Å². The third kappa shape index (κ3) is 3.68. The van der Waals surface area contributed by atoms with Gasteiger partial charge in [-0.2, -0.15) is 4.98 Å². The number of carboxylic acids is 1. The summed E-state index contributed by atoms with van der Waals surface area (Å²) in [6.07, 6.45) is 0.481. The molecule has 7 heteroatoms. The molecular weight excluding hydrogens is 296 g/mol. The van der Waals surface area contributed by atoms with Gasteiger partial charge in [-0.3, -0.25) is 0 Å². The van der Waals surface area contributed by atoms with Crippen LogP contribution in [0.3, 0.4) is 0 Å². The second-order valence-corrected chi connectivity index (χ2v) is 4.60. The lowest BCUT2D eigenvalue weighted by molar-refractivity contribution is 0.0682. The van der Waals surface area contributed by atoms with E-state index in [2.05, 4.69) is 9.97 Å². The van der Waals surface area contributed by atoms with Crippen molar-refractivity contribution in [2.24, 2.45) is 0 Å². The van der Waals surface area contributed by atoms with Crippen molar-refractivity contribution < 1.29 is 20.1 Å². The maximum atomic E-state index is 10.9. The van der Waals surface area contributed by atoms with E-state index in [0.717, 1.165) is 11.1 Å². The fraction of sp³-hybridized carbons (Fsp3) is 0.214. The first-order valence-corrected chi connectivity index (χ1v) is 6.29. The highest BCUT2D eigenvalue weighted by atomic mass is 35.5. The number of aromatic carboxylic acids is 1. The van der Waals surface area contributed by atoms with Crippen LogP contribution in [0.15, 0.2) is 24.3 Å². The molecule has 1 aromatic carbocycles. The van der Waals surface area contributed by atoms with Crippen molar-refractivity contribution in [1.82, 2.24) is 9.97 Å². The number of rotatable bonds is 4. The number of hydrogen-bond donors (Lipinski definition) is 1. The summed E-state index contributed by atoms with van der Waals surface area (Å²) in [7, 11) is 1.45. The van der Waals surface area contributed by atoms with Crippen molar-refractivity contribution in [2.45, 2.75) is 13.3 Å². The van der Waals surface area contributed by atoms with Crippen LogP contribution < -0.4 is 4.74 Å². The van der Waals surface area contributed by atoms with E-state index < -0.39 is 5.97 Å². The molecule has 21 heavy (non-hydrogen) atoms. The molecule has 0 unspecified atom stereocenters. The quantitative estimate of drug-likeness (QED) is 0.929. The van der Waals surface area contributed by atoms with Crippen LogP contribution in [0.4, 0.5) is 0 Å². The third-order valence-electron chi connectivity index (χ3n) is 2.89. The van der Waals surface area contributed by atoms with Crippen molar-refractivity contribution in [3.05, 3.63) is 51.9 Å². The van der Waals surface area contributed by atoms with Gasteiger partial charge in [0.2, 0.25) is 11.7 Å². The molecule has 2 rings (SSSR count). The zero-order valence-corrected chi connectivity index (χ0v) is 12.3. The molecule has 1 heterocycles. The molecule has 0 fully saturated rings. The predicted octanol–water partition coefficient (Wildman–Crippen LogP) is 1.91. The van der Waals surface area contributed by atoms with Gasteiger partial charge in [0.15, 0.2) is 0 Å². The predicted molar refractivity (Wildman–Crippen MR) is 78.2 cm³/mol. The minimum absolute atomic E-state index is 0. The number of ether oxygens (including phenoxy) is 1. The minimum Gasteiger partial charge on any atom is -0.481 e. The Hall–Kier alpha value is -2.18. The molecular formula is C14H15ClN2O4. The molecule has 1 aromatic heterocycles. The molecule has 0 saturated carbocycles. The van der Waals surface area contributed by atoms with Gasteiger partial charge in [0.25, 0.3) is 0 Å². The molecule has 0 amide bonds. The molecule has 0 saturated heterocycles. The topological polar surface area (TPSA) is 104 Å². The number of nitrogens with zero attached hydrogens (tertiary/aromatic N) is 2. The molecule has 0 atom stereocenters. The summed E-state index contributed by atoms with van der Waals surface area (Å²) in [5.41, 5.74) is 2.20. The summed E-state index contributed by atoms with van der Waals surface area (Å²) in [4.78, 5) is 18.8. The van der Waals surface area contributed by atoms with Crippen LogP contribution in [0.5, 0.6) is 5.88 Å². The van der Waals surface area contributed by atoms with E-state index in [-0.39, 0.29) is 17.2 Å². The van der Waals surface area contributed by atoms with Gasteiger partial charge in [0.05, 0.1) is 7.11 Å². The molecule has 0 aliphatic rings. The smallest absolute Gasteiger partial charge is 0.374 e. The second-order valence-electron chi connectivity index (χ2n) is 4.19. The van der Waals surface area contributed by atoms with Gasteiger partial charge in [-0.25, -0.2) is 9.78 Å². The minimum atomic E-state index is -1.18. The first kappa shape index (κ1) is 16.9. The number of methoxy groups -OCH3 is 1. The molecule has 2 aromatic rings. The summed E-state index contributed by atoms with van der Waals surface area (Å²) in [5.74, 6) is -1.20. The van der Waals surface area contributed by atoms with Crippen molar-refractivity contribution in [1.29, 1.82) is 0 Å². The van der Waals surface area contributed by atoms with Crippen LogP contribution >= 0.6 is 11.6 Å². The van der Waals surface area contributed by atoms with E-state index in [1.165, 1.54) is 7.11 Å². The van der Waals surface area contributed by atoms with Crippen LogP contribution in [0, 0.1) is 6.92 Å². The van der Waals surface area contributed by atoms with E-state index in [1.54, 1.807) is 13.0 Å². The van der Waals surface area contributed by atoms with Crippen molar-refractivity contribution in [2.75, 3.05) is 7.11 Å². The maximum absolute atomic E-state index is 10.9. The zero-order valence-electron chi connectivity index (χ0n) is 11.6. The van der Waals surface area contributed by atoms with Crippen LogP contribution in [-0.2, 0) is 6.42 Å². The summed E-state index contributed by atoms with van der Waals surface area (Å²) in [5, 5.41) is 9.59. The van der Waals surface area contributed by atoms with Gasteiger partial charge in [-0.05, 0) is 18.6 Å². The Morgan fingerprint density at radius 1 is 1.33 bits per heavy atom. The fourth-order valence-corrected chi connectivity index (χ4v) is 2.07. The number of hydrogen-bond acceptors (Lipinski definition) is 4. The Kier molecular flexibility index (Phi) is 5.63. The summed E-state index contributed by atoms with van der Waals surface area (Å²) < 4.78 is 5.17. The van der Waals surface area contributed by atoms with Gasteiger partial charge < -0.3 is 15.3 Å². The van der Waals surface area contributed by atoms with Crippen LogP contribution in [0.2, 0.25) is 5.02 Å². The summed E-state index contributed by atoms with van der Waals surface area (Å²) in [6.45, 7) is 1.73. The van der Waals surface area contributed by atoms with E-state index in [9.17, 15) is 4.79 Å². The highest BCUT2D eigenvalue weighted by Gasteiger charge is 2.17. The van der Waals surface area contributed by atoms with Crippen molar-refractivity contribution in [3.8, 4) is 5.88 Å². The number of carbonyl (C=O) groups is 1. The zero-order chi connectivity index (χ0) is 14.7. The molecule has 112 valence electrons. The maximum Gasteiger partial charge on any atom is 0.374 e. The van der Waals surface area contributed by atoms with Gasteiger partial charge in [0.1, 0.15) is 0 Å². The molecule has 0 aliphatic heterocycles. The fourth-order valence-electron chi connectivity index (χ4n) is 1.87. The number of carboxylic acid groups (broad SMARTS) is 1. The van der Waals surface area contributed by atoms with E-state index in [0.29, 0.717) is 17.1 Å². The molecule has 0 aliphatic carbocycles. The lowest BCUT2D eigenvalue weighted by Crippen LogP contribution is -2.10. The number of aromatic nitrogens is 2. The third-order valence-corrected chi connectivity index (χ3v) is 3.25. The summed E-state index contributed by atoms with van der Waals surface area (Å²) in [6, 6.07) is 7.42. The standard InChI is InChI=1S/C14H13ClN2O3.H2O/c1-8-10(7-9-5-3-4-6-11(9)15)13(20-2)17-12(16-8)14(18)19;/h3-6H,7H2,1-2H3,(H,18,19);1H2. The monoisotopic (exact) mass is 310 g/mol. The van der Waals surface area contributed by atoms with Crippen molar-refractivity contribution in [3.63, 3.8) is 0 Å². The number of aryl methyl sites for hydroxylation is 1. The lowest BCUT2D eigenvalue weighted by atomic mass is 10.0. The largest absolute Gasteiger partial charge is 0.481 e. The van der Waals surface area contributed by atoms with Crippen LogP contribution in [-0.4, -0.2) is 33.6 Å². The highest BCUT2D eigenvalue weighted by Crippen LogP contribution is 2.25. The summed E-state index contributed by atoms with van der Waals surface area (Å²) >= 11 is 6.13. The molecule has 3 N–H and O–H groups in total. The first-order chi connectivity index (χ1) is 9.52. The normalized spacial score (nSPS) is 9.86. The Bertz CT molecular complexity index is 661.